The van der Waals surface area contributed by atoms with Crippen molar-refractivity contribution in [3.8, 4) is 0 Å². The van der Waals surface area contributed by atoms with Crippen LogP contribution in [0.2, 0.25) is 0 Å². The molecule has 2 rings (SSSR count). The number of hydrogen-bond donors (Lipinski definition) is 1. The molecule has 0 aromatic heterocycles. The highest BCUT2D eigenvalue weighted by molar-refractivity contribution is 7.92. The van der Waals surface area contributed by atoms with Crippen LogP contribution in [0, 0.1) is 26.7 Å². The Kier molecular flexibility index (Phi) is 9.27. The van der Waals surface area contributed by atoms with Crippen molar-refractivity contribution in [1.29, 1.82) is 0 Å². The van der Waals surface area contributed by atoms with Gasteiger partial charge in [-0.1, -0.05) is 61.4 Å². The van der Waals surface area contributed by atoms with Crippen LogP contribution in [0.25, 0.3) is 0 Å². The van der Waals surface area contributed by atoms with Crippen molar-refractivity contribution >= 4 is 27.5 Å². The van der Waals surface area contributed by atoms with Gasteiger partial charge in [-0.15, -0.1) is 0 Å². The Morgan fingerprint density at radius 1 is 0.941 bits per heavy atom. The molecule has 1 atom stereocenters. The smallest absolute Gasteiger partial charge is 0.244 e. The highest BCUT2D eigenvalue weighted by Crippen LogP contribution is 2.24. The van der Waals surface area contributed by atoms with Crippen molar-refractivity contribution in [1.82, 2.24) is 10.2 Å². The van der Waals surface area contributed by atoms with E-state index in [1.54, 1.807) is 13.0 Å². The summed E-state index contributed by atoms with van der Waals surface area (Å²) in [6.45, 7) is 11.7. The van der Waals surface area contributed by atoms with Gasteiger partial charge in [-0.25, -0.2) is 8.42 Å². The summed E-state index contributed by atoms with van der Waals surface area (Å²) in [6.07, 6.45) is 1.09. The van der Waals surface area contributed by atoms with Crippen LogP contribution in [0.1, 0.15) is 43.0 Å². The van der Waals surface area contributed by atoms with Crippen LogP contribution < -0.4 is 9.62 Å². The minimum atomic E-state index is -3.74. The minimum Gasteiger partial charge on any atom is -0.354 e. The van der Waals surface area contributed by atoms with Gasteiger partial charge in [-0.2, -0.15) is 0 Å². The Balaban J connectivity index is 2.39. The molecule has 0 spiro atoms. The summed E-state index contributed by atoms with van der Waals surface area (Å²) in [5.41, 5.74) is 4.15. The standard InChI is InChI=1S/C26H37N3O4S/c1-18(2)15-27-26(31)22(6)28(16-23-11-8-19(3)9-12-23)25(30)17-29(34(7,32)33)24-13-10-20(4)14-21(24)5/h8-14,18,22H,15-17H2,1-7H3,(H,27,31). The Hall–Kier alpha value is -2.87. The average Bonchev–Trinajstić information content (AvgIpc) is 2.74. The molecule has 8 heteroatoms. The fourth-order valence-electron chi connectivity index (χ4n) is 3.61. The maximum atomic E-state index is 13.5. The van der Waals surface area contributed by atoms with Gasteiger partial charge in [0.2, 0.25) is 21.8 Å². The molecular formula is C26H37N3O4S. The predicted molar refractivity (Wildman–Crippen MR) is 137 cm³/mol. The number of nitrogens with zero attached hydrogens (tertiary/aromatic N) is 2. The summed E-state index contributed by atoms with van der Waals surface area (Å²) in [4.78, 5) is 27.8. The van der Waals surface area contributed by atoms with Crippen LogP contribution in [-0.2, 0) is 26.2 Å². The van der Waals surface area contributed by atoms with Gasteiger partial charge in [-0.05, 0) is 50.8 Å². The third-order valence-corrected chi connectivity index (χ3v) is 6.75. The summed E-state index contributed by atoms with van der Waals surface area (Å²) < 4.78 is 26.5. The fourth-order valence-corrected chi connectivity index (χ4v) is 4.51. The number of amides is 2. The third kappa shape index (κ3) is 7.58. The Bertz CT molecular complexity index is 1110. The topological polar surface area (TPSA) is 86.8 Å². The van der Waals surface area contributed by atoms with Gasteiger partial charge >= 0.3 is 0 Å². The lowest BCUT2D eigenvalue weighted by atomic mass is 10.1. The largest absolute Gasteiger partial charge is 0.354 e. The number of anilines is 1. The van der Waals surface area contributed by atoms with Crippen LogP contribution >= 0.6 is 0 Å². The first kappa shape index (κ1) is 27.4. The van der Waals surface area contributed by atoms with Gasteiger partial charge in [-0.3, -0.25) is 13.9 Å². The van der Waals surface area contributed by atoms with Crippen molar-refractivity contribution < 1.29 is 18.0 Å². The van der Waals surface area contributed by atoms with Gasteiger partial charge < -0.3 is 10.2 Å². The zero-order chi connectivity index (χ0) is 25.6. The number of aryl methyl sites for hydroxylation is 3. The maximum absolute atomic E-state index is 13.5. The summed E-state index contributed by atoms with van der Waals surface area (Å²) in [6, 6.07) is 12.3. The van der Waals surface area contributed by atoms with Crippen molar-refractivity contribution in [2.24, 2.45) is 5.92 Å². The molecule has 1 unspecified atom stereocenters. The van der Waals surface area contributed by atoms with Crippen molar-refractivity contribution in [2.45, 2.75) is 54.1 Å². The number of rotatable bonds is 10. The van der Waals surface area contributed by atoms with E-state index in [2.05, 4.69) is 5.32 Å². The Labute approximate surface area is 204 Å². The van der Waals surface area contributed by atoms with Crippen LogP contribution in [-0.4, -0.2) is 50.5 Å². The molecule has 0 heterocycles. The molecule has 0 bridgehead atoms. The molecule has 2 aromatic rings. The molecule has 0 aliphatic carbocycles. The fraction of sp³-hybridized carbons (Fsp3) is 0.462. The molecule has 0 fully saturated rings. The van der Waals surface area contributed by atoms with Gasteiger partial charge in [0.15, 0.2) is 0 Å². The predicted octanol–water partition coefficient (Wildman–Crippen LogP) is 3.57. The van der Waals surface area contributed by atoms with Gasteiger partial charge in [0, 0.05) is 13.1 Å². The minimum absolute atomic E-state index is 0.194. The van der Waals surface area contributed by atoms with E-state index in [0.29, 0.717) is 12.2 Å². The van der Waals surface area contributed by atoms with Crippen LogP contribution in [0.15, 0.2) is 42.5 Å². The molecule has 2 amide bonds. The first-order valence-corrected chi connectivity index (χ1v) is 13.3. The first-order valence-electron chi connectivity index (χ1n) is 11.5. The monoisotopic (exact) mass is 487 g/mol. The molecule has 7 nitrogen and oxygen atoms in total. The number of hydrogen-bond acceptors (Lipinski definition) is 4. The normalized spacial score (nSPS) is 12.4. The van der Waals surface area contributed by atoms with Crippen molar-refractivity contribution in [3.05, 3.63) is 64.7 Å². The molecule has 186 valence electrons. The zero-order valence-electron chi connectivity index (χ0n) is 21.3. The van der Waals surface area contributed by atoms with E-state index in [4.69, 9.17) is 0 Å². The number of sulfonamides is 1. The number of nitrogens with one attached hydrogen (secondary N) is 1. The van der Waals surface area contributed by atoms with Gasteiger partial charge in [0.1, 0.15) is 12.6 Å². The summed E-state index contributed by atoms with van der Waals surface area (Å²) in [5, 5.41) is 2.88. The quantitative estimate of drug-likeness (QED) is 0.555. The summed E-state index contributed by atoms with van der Waals surface area (Å²) in [7, 11) is -3.74. The van der Waals surface area contributed by atoms with Crippen molar-refractivity contribution in [2.75, 3.05) is 23.7 Å². The molecular weight excluding hydrogens is 450 g/mol. The zero-order valence-corrected chi connectivity index (χ0v) is 22.1. The van der Waals surface area contributed by atoms with Crippen LogP contribution in [0.4, 0.5) is 5.69 Å². The molecule has 0 saturated carbocycles. The van der Waals surface area contributed by atoms with E-state index in [-0.39, 0.29) is 18.4 Å². The van der Waals surface area contributed by atoms with E-state index in [1.807, 2.05) is 71.0 Å². The molecule has 2 aromatic carbocycles. The third-order valence-electron chi connectivity index (χ3n) is 5.63. The second-order valence-corrected chi connectivity index (χ2v) is 11.3. The van der Waals surface area contributed by atoms with Crippen LogP contribution in [0.5, 0.6) is 0 Å². The number of carbonyl (C=O) groups excluding carboxylic acids is 2. The van der Waals surface area contributed by atoms with Gasteiger partial charge in [0.05, 0.1) is 11.9 Å². The van der Waals surface area contributed by atoms with E-state index < -0.39 is 28.5 Å². The molecule has 1 N–H and O–H groups in total. The highest BCUT2D eigenvalue weighted by Gasteiger charge is 2.30. The SMILES string of the molecule is Cc1ccc(CN(C(=O)CN(c2ccc(C)cc2C)S(C)(=O)=O)C(C)C(=O)NCC(C)C)cc1. The van der Waals surface area contributed by atoms with E-state index in [1.165, 1.54) is 4.90 Å². The first-order chi connectivity index (χ1) is 15.8. The summed E-state index contributed by atoms with van der Waals surface area (Å²) >= 11 is 0. The number of carbonyl (C=O) groups is 2. The molecule has 34 heavy (non-hydrogen) atoms. The maximum Gasteiger partial charge on any atom is 0.244 e. The van der Waals surface area contributed by atoms with E-state index >= 15 is 0 Å². The second-order valence-electron chi connectivity index (χ2n) is 9.38. The number of benzene rings is 2. The Morgan fingerprint density at radius 3 is 2.06 bits per heavy atom. The molecule has 0 radical (unpaired) electrons. The van der Waals surface area contributed by atoms with Crippen molar-refractivity contribution in [3.63, 3.8) is 0 Å². The van der Waals surface area contributed by atoms with E-state index in [9.17, 15) is 18.0 Å². The molecule has 0 aliphatic heterocycles. The molecule has 0 aliphatic rings. The van der Waals surface area contributed by atoms with Gasteiger partial charge in [0.25, 0.3) is 0 Å². The average molecular weight is 488 g/mol. The Morgan fingerprint density at radius 2 is 1.53 bits per heavy atom. The summed E-state index contributed by atoms with van der Waals surface area (Å²) in [5.74, 6) is -0.451. The van der Waals surface area contributed by atoms with E-state index in [0.717, 1.165) is 32.8 Å². The lowest BCUT2D eigenvalue weighted by Gasteiger charge is -2.32. The lowest BCUT2D eigenvalue weighted by Crippen LogP contribution is -2.51. The van der Waals surface area contributed by atoms with Crippen LogP contribution in [0.3, 0.4) is 0 Å². The second kappa shape index (κ2) is 11.5. The highest BCUT2D eigenvalue weighted by atomic mass is 32.2. The lowest BCUT2D eigenvalue weighted by molar-refractivity contribution is -0.139. The molecule has 0 saturated heterocycles.